The van der Waals surface area contributed by atoms with E-state index in [1.807, 2.05) is 0 Å². The molecule has 0 aliphatic heterocycles. The first kappa shape index (κ1) is 11.2. The standard InChI is InChI=1S/C12H19N3O/c1-12(5-3-2-4-6-12)11(16)15-9-10-13-7-8-14-10/h7-8H,2-6,9H2,1H3,(H,13,14)(H,15,16). The molecule has 0 saturated heterocycles. The third kappa shape index (κ3) is 2.43. The van der Waals surface area contributed by atoms with Gasteiger partial charge in [0.25, 0.3) is 0 Å². The van der Waals surface area contributed by atoms with Gasteiger partial charge in [0.05, 0.1) is 6.54 Å². The third-order valence-corrected chi connectivity index (χ3v) is 3.48. The number of carbonyl (C=O) groups is 1. The summed E-state index contributed by atoms with van der Waals surface area (Å²) in [7, 11) is 0. The van der Waals surface area contributed by atoms with E-state index in [1.165, 1.54) is 19.3 Å². The number of aromatic amines is 1. The van der Waals surface area contributed by atoms with Crippen LogP contribution >= 0.6 is 0 Å². The van der Waals surface area contributed by atoms with Crippen LogP contribution in [-0.2, 0) is 11.3 Å². The molecule has 88 valence electrons. The smallest absolute Gasteiger partial charge is 0.226 e. The number of aromatic nitrogens is 2. The van der Waals surface area contributed by atoms with Gasteiger partial charge in [-0.05, 0) is 12.8 Å². The molecule has 2 N–H and O–H groups in total. The molecule has 0 unspecified atom stereocenters. The molecule has 16 heavy (non-hydrogen) atoms. The van der Waals surface area contributed by atoms with Gasteiger partial charge in [-0.15, -0.1) is 0 Å². The molecule has 0 spiro atoms. The molecule has 1 aliphatic rings. The Balaban J connectivity index is 1.87. The van der Waals surface area contributed by atoms with Crippen molar-refractivity contribution in [2.24, 2.45) is 5.41 Å². The summed E-state index contributed by atoms with van der Waals surface area (Å²) in [4.78, 5) is 19.1. The van der Waals surface area contributed by atoms with E-state index in [2.05, 4.69) is 22.2 Å². The highest BCUT2D eigenvalue weighted by Crippen LogP contribution is 2.35. The van der Waals surface area contributed by atoms with E-state index in [0.29, 0.717) is 6.54 Å². The largest absolute Gasteiger partial charge is 0.348 e. The van der Waals surface area contributed by atoms with Crippen LogP contribution in [0.3, 0.4) is 0 Å². The van der Waals surface area contributed by atoms with Gasteiger partial charge in [0.15, 0.2) is 0 Å². The highest BCUT2D eigenvalue weighted by molar-refractivity contribution is 5.82. The zero-order valence-electron chi connectivity index (χ0n) is 9.75. The Morgan fingerprint density at radius 3 is 2.88 bits per heavy atom. The van der Waals surface area contributed by atoms with Crippen LogP contribution in [0.15, 0.2) is 12.4 Å². The number of hydrogen-bond donors (Lipinski definition) is 2. The highest BCUT2D eigenvalue weighted by atomic mass is 16.2. The topological polar surface area (TPSA) is 57.8 Å². The fraction of sp³-hybridized carbons (Fsp3) is 0.667. The number of amides is 1. The van der Waals surface area contributed by atoms with Crippen molar-refractivity contribution >= 4 is 5.91 Å². The zero-order chi connectivity index (χ0) is 11.4. The quantitative estimate of drug-likeness (QED) is 0.820. The number of hydrogen-bond acceptors (Lipinski definition) is 2. The average molecular weight is 221 g/mol. The van der Waals surface area contributed by atoms with Gasteiger partial charge in [0.2, 0.25) is 5.91 Å². The molecule has 4 heteroatoms. The summed E-state index contributed by atoms with van der Waals surface area (Å²) < 4.78 is 0. The molecule has 1 aromatic rings. The first-order chi connectivity index (χ1) is 7.71. The lowest BCUT2D eigenvalue weighted by molar-refractivity contribution is -0.132. The second-order valence-electron chi connectivity index (χ2n) is 4.84. The van der Waals surface area contributed by atoms with Crippen LogP contribution in [0.2, 0.25) is 0 Å². The molecule has 1 aliphatic carbocycles. The maximum atomic E-state index is 12.1. The molecule has 2 rings (SSSR count). The number of rotatable bonds is 3. The summed E-state index contributed by atoms with van der Waals surface area (Å²) in [6, 6.07) is 0. The SMILES string of the molecule is CC1(C(=O)NCc2ncc[nH]2)CCCCC1. The average Bonchev–Trinajstić information content (AvgIpc) is 2.79. The van der Waals surface area contributed by atoms with E-state index in [-0.39, 0.29) is 11.3 Å². The molecular formula is C12H19N3O. The normalized spacial score (nSPS) is 19.3. The van der Waals surface area contributed by atoms with Crippen LogP contribution in [0, 0.1) is 5.41 Å². The summed E-state index contributed by atoms with van der Waals surface area (Å²) >= 11 is 0. The minimum Gasteiger partial charge on any atom is -0.348 e. The van der Waals surface area contributed by atoms with Gasteiger partial charge in [-0.2, -0.15) is 0 Å². The predicted molar refractivity (Wildman–Crippen MR) is 61.6 cm³/mol. The number of nitrogens with zero attached hydrogens (tertiary/aromatic N) is 1. The summed E-state index contributed by atoms with van der Waals surface area (Å²) in [5.41, 5.74) is -0.162. The monoisotopic (exact) mass is 221 g/mol. The lowest BCUT2D eigenvalue weighted by Crippen LogP contribution is -2.40. The van der Waals surface area contributed by atoms with Crippen molar-refractivity contribution < 1.29 is 4.79 Å². The lowest BCUT2D eigenvalue weighted by atomic mass is 9.75. The molecule has 4 nitrogen and oxygen atoms in total. The minimum absolute atomic E-state index is 0.162. The number of H-pyrrole nitrogens is 1. The Morgan fingerprint density at radius 2 is 2.25 bits per heavy atom. The van der Waals surface area contributed by atoms with Crippen molar-refractivity contribution in [3.05, 3.63) is 18.2 Å². The fourth-order valence-electron chi connectivity index (χ4n) is 2.33. The van der Waals surface area contributed by atoms with Crippen molar-refractivity contribution in [1.82, 2.24) is 15.3 Å². The Hall–Kier alpha value is -1.32. The summed E-state index contributed by atoms with van der Waals surface area (Å²) in [6.45, 7) is 2.57. The van der Waals surface area contributed by atoms with E-state index in [0.717, 1.165) is 18.7 Å². The summed E-state index contributed by atoms with van der Waals surface area (Å²) in [5, 5.41) is 2.96. The second-order valence-corrected chi connectivity index (χ2v) is 4.84. The first-order valence-electron chi connectivity index (χ1n) is 5.97. The van der Waals surface area contributed by atoms with Crippen LogP contribution in [0.5, 0.6) is 0 Å². The van der Waals surface area contributed by atoms with E-state index in [1.54, 1.807) is 12.4 Å². The van der Waals surface area contributed by atoms with Crippen LogP contribution in [0.1, 0.15) is 44.9 Å². The summed E-state index contributed by atoms with van der Waals surface area (Å²) in [6.07, 6.45) is 9.10. The Bertz CT molecular complexity index is 339. The van der Waals surface area contributed by atoms with Crippen LogP contribution in [-0.4, -0.2) is 15.9 Å². The molecule has 1 amide bonds. The molecule has 1 fully saturated rings. The van der Waals surface area contributed by atoms with Crippen molar-refractivity contribution in [2.75, 3.05) is 0 Å². The Morgan fingerprint density at radius 1 is 1.50 bits per heavy atom. The maximum absolute atomic E-state index is 12.1. The van der Waals surface area contributed by atoms with Gasteiger partial charge in [0.1, 0.15) is 5.82 Å². The van der Waals surface area contributed by atoms with Crippen molar-refractivity contribution in [3.63, 3.8) is 0 Å². The van der Waals surface area contributed by atoms with Crippen molar-refractivity contribution in [1.29, 1.82) is 0 Å². The fourth-order valence-corrected chi connectivity index (χ4v) is 2.33. The number of nitrogens with one attached hydrogen (secondary N) is 2. The van der Waals surface area contributed by atoms with Crippen molar-refractivity contribution in [3.8, 4) is 0 Å². The second kappa shape index (κ2) is 4.68. The van der Waals surface area contributed by atoms with Crippen LogP contribution in [0.4, 0.5) is 0 Å². The van der Waals surface area contributed by atoms with E-state index < -0.39 is 0 Å². The predicted octanol–water partition coefficient (Wildman–Crippen LogP) is 2.00. The van der Waals surface area contributed by atoms with Gasteiger partial charge in [-0.25, -0.2) is 4.98 Å². The molecule has 0 atom stereocenters. The number of imidazole rings is 1. The maximum Gasteiger partial charge on any atom is 0.226 e. The van der Waals surface area contributed by atoms with Gasteiger partial charge >= 0.3 is 0 Å². The lowest BCUT2D eigenvalue weighted by Gasteiger charge is -2.31. The third-order valence-electron chi connectivity index (χ3n) is 3.48. The molecule has 0 bridgehead atoms. The Kier molecular flexibility index (Phi) is 3.27. The Labute approximate surface area is 95.9 Å². The number of carbonyl (C=O) groups excluding carboxylic acids is 1. The van der Waals surface area contributed by atoms with E-state index in [4.69, 9.17) is 0 Å². The molecular weight excluding hydrogens is 202 g/mol. The van der Waals surface area contributed by atoms with E-state index in [9.17, 15) is 4.79 Å². The minimum atomic E-state index is -0.162. The van der Waals surface area contributed by atoms with Crippen LogP contribution < -0.4 is 5.32 Å². The first-order valence-corrected chi connectivity index (χ1v) is 5.97. The zero-order valence-corrected chi connectivity index (χ0v) is 9.75. The van der Waals surface area contributed by atoms with Gasteiger partial charge < -0.3 is 10.3 Å². The van der Waals surface area contributed by atoms with Crippen molar-refractivity contribution in [2.45, 2.75) is 45.6 Å². The van der Waals surface area contributed by atoms with Gasteiger partial charge in [0, 0.05) is 17.8 Å². The van der Waals surface area contributed by atoms with E-state index >= 15 is 0 Å². The molecule has 0 aromatic carbocycles. The molecule has 1 saturated carbocycles. The summed E-state index contributed by atoms with van der Waals surface area (Å²) in [5.74, 6) is 0.983. The van der Waals surface area contributed by atoms with Crippen LogP contribution in [0.25, 0.3) is 0 Å². The highest BCUT2D eigenvalue weighted by Gasteiger charge is 2.34. The van der Waals surface area contributed by atoms with Gasteiger partial charge in [-0.1, -0.05) is 26.2 Å². The molecule has 1 heterocycles. The van der Waals surface area contributed by atoms with Gasteiger partial charge in [-0.3, -0.25) is 4.79 Å². The molecule has 0 radical (unpaired) electrons. The molecule has 1 aromatic heterocycles.